The monoisotopic (exact) mass is 467 g/mol. The highest BCUT2D eigenvalue weighted by Crippen LogP contribution is 2.28. The van der Waals surface area contributed by atoms with Crippen LogP contribution in [0.25, 0.3) is 22.6 Å². The Balaban J connectivity index is 1.38. The number of thiazole rings is 1. The molecule has 0 radical (unpaired) electrons. The lowest BCUT2D eigenvalue weighted by Crippen LogP contribution is -2.16. The number of aromatic nitrogens is 4. The number of carbonyl (C=O) groups is 1. The zero-order valence-corrected chi connectivity index (χ0v) is 18.4. The number of benzene rings is 2. The molecule has 32 heavy (non-hydrogen) atoms. The van der Waals surface area contributed by atoms with Crippen LogP contribution in [-0.2, 0) is 4.79 Å². The van der Waals surface area contributed by atoms with Gasteiger partial charge in [0.1, 0.15) is 0 Å². The highest BCUT2D eigenvalue weighted by Gasteiger charge is 2.15. The van der Waals surface area contributed by atoms with Gasteiger partial charge in [-0.3, -0.25) is 14.9 Å². The number of non-ortho nitro benzene ring substituents is 1. The molecule has 0 unspecified atom stereocenters. The second-order valence-electron chi connectivity index (χ2n) is 6.72. The lowest BCUT2D eigenvalue weighted by molar-refractivity contribution is -0.384. The van der Waals surface area contributed by atoms with Crippen LogP contribution in [-0.4, -0.2) is 36.4 Å². The molecule has 0 saturated carbocycles. The van der Waals surface area contributed by atoms with Crippen molar-refractivity contribution in [3.8, 4) is 22.6 Å². The van der Waals surface area contributed by atoms with Crippen molar-refractivity contribution in [2.45, 2.75) is 12.1 Å². The molecule has 4 aromatic rings. The first-order valence-corrected chi connectivity index (χ1v) is 11.2. The van der Waals surface area contributed by atoms with Crippen LogP contribution >= 0.6 is 23.1 Å². The van der Waals surface area contributed by atoms with E-state index in [2.05, 4.69) is 20.5 Å². The Hall–Kier alpha value is -3.77. The number of anilines is 1. The summed E-state index contributed by atoms with van der Waals surface area (Å²) in [6, 6.07) is 13.9. The van der Waals surface area contributed by atoms with Crippen molar-refractivity contribution in [3.63, 3.8) is 0 Å². The van der Waals surface area contributed by atoms with Gasteiger partial charge in [0, 0.05) is 28.6 Å². The smallest absolute Gasteiger partial charge is 0.270 e. The van der Waals surface area contributed by atoms with Gasteiger partial charge in [0.25, 0.3) is 5.69 Å². The van der Waals surface area contributed by atoms with Crippen LogP contribution in [0.15, 0.2) is 59.1 Å². The van der Waals surface area contributed by atoms with E-state index in [1.165, 1.54) is 28.1 Å². The molecule has 1 amide bonds. The number of nitrogens with two attached hydrogens (primary N) is 1. The zero-order valence-electron chi connectivity index (χ0n) is 16.8. The largest absolute Gasteiger partial charge is 0.335 e. The number of hydrogen-bond acceptors (Lipinski definition) is 9. The highest BCUT2D eigenvalue weighted by atomic mass is 32.2. The van der Waals surface area contributed by atoms with Crippen molar-refractivity contribution >= 4 is 39.8 Å². The normalized spacial score (nSPS) is 10.8. The summed E-state index contributed by atoms with van der Waals surface area (Å²) in [5.41, 5.74) is 3.09. The van der Waals surface area contributed by atoms with Crippen LogP contribution in [0.4, 0.5) is 10.8 Å². The fourth-order valence-corrected chi connectivity index (χ4v) is 4.20. The SMILES string of the molecule is Cc1ccc(-c2nnc(SCC(=O)Nc3nc(-c4cccc([N+](=O)[O-])c4)cs3)n2N)cc1. The Kier molecular flexibility index (Phi) is 6.14. The molecule has 0 aliphatic carbocycles. The van der Waals surface area contributed by atoms with Crippen molar-refractivity contribution in [2.75, 3.05) is 16.9 Å². The molecule has 0 atom stereocenters. The first kappa shape index (κ1) is 21.5. The van der Waals surface area contributed by atoms with E-state index >= 15 is 0 Å². The van der Waals surface area contributed by atoms with Gasteiger partial charge in [-0.2, -0.15) is 0 Å². The summed E-state index contributed by atoms with van der Waals surface area (Å²) >= 11 is 2.39. The Morgan fingerprint density at radius 2 is 2.00 bits per heavy atom. The molecule has 0 fully saturated rings. The molecule has 2 aromatic carbocycles. The van der Waals surface area contributed by atoms with Crippen molar-refractivity contribution < 1.29 is 9.72 Å². The summed E-state index contributed by atoms with van der Waals surface area (Å²) in [5, 5.41) is 24.4. The molecule has 0 aliphatic heterocycles. The summed E-state index contributed by atoms with van der Waals surface area (Å²) < 4.78 is 1.35. The Labute approximate surface area is 190 Å². The number of aryl methyl sites for hydroxylation is 1. The number of nitro groups is 1. The molecule has 2 aromatic heterocycles. The molecular weight excluding hydrogens is 450 g/mol. The summed E-state index contributed by atoms with van der Waals surface area (Å²) in [6.45, 7) is 1.99. The summed E-state index contributed by atoms with van der Waals surface area (Å²) in [5.74, 6) is 6.38. The van der Waals surface area contributed by atoms with Gasteiger partial charge < -0.3 is 11.2 Å². The molecule has 0 spiro atoms. The molecular formula is C20H17N7O3S2. The standard InChI is InChI=1S/C20H17N7O3S2/c1-12-5-7-13(8-6-12)18-24-25-20(26(18)21)32-11-17(28)23-19-22-16(10-31-19)14-3-2-4-15(9-14)27(29)30/h2-10H,11,21H2,1H3,(H,22,23,28). The van der Waals surface area contributed by atoms with E-state index in [9.17, 15) is 14.9 Å². The van der Waals surface area contributed by atoms with Gasteiger partial charge >= 0.3 is 0 Å². The highest BCUT2D eigenvalue weighted by molar-refractivity contribution is 7.99. The Morgan fingerprint density at radius 3 is 2.75 bits per heavy atom. The number of nitrogen functional groups attached to an aromatic ring is 1. The number of nitrogens with zero attached hydrogens (tertiary/aromatic N) is 5. The molecule has 10 nitrogen and oxygen atoms in total. The molecule has 3 N–H and O–H groups in total. The maximum atomic E-state index is 12.3. The molecule has 4 rings (SSSR count). The van der Waals surface area contributed by atoms with Crippen LogP contribution in [0.3, 0.4) is 0 Å². The van der Waals surface area contributed by atoms with E-state index in [1.54, 1.807) is 17.5 Å². The van der Waals surface area contributed by atoms with Crippen molar-refractivity contribution in [1.82, 2.24) is 19.9 Å². The predicted molar refractivity (Wildman–Crippen MR) is 124 cm³/mol. The maximum Gasteiger partial charge on any atom is 0.270 e. The third-order valence-corrected chi connectivity index (χ3v) is 6.11. The van der Waals surface area contributed by atoms with Crippen LogP contribution in [0, 0.1) is 17.0 Å². The number of carbonyl (C=O) groups excluding carboxylic acids is 1. The van der Waals surface area contributed by atoms with Crippen LogP contribution in [0.1, 0.15) is 5.56 Å². The number of nitrogens with one attached hydrogen (secondary N) is 1. The number of hydrogen-bond donors (Lipinski definition) is 2. The van der Waals surface area contributed by atoms with E-state index in [4.69, 9.17) is 5.84 Å². The summed E-state index contributed by atoms with van der Waals surface area (Å²) in [6.07, 6.45) is 0. The number of rotatable bonds is 7. The third kappa shape index (κ3) is 4.76. The first-order valence-electron chi connectivity index (χ1n) is 9.31. The molecule has 2 heterocycles. The second kappa shape index (κ2) is 9.16. The quantitative estimate of drug-likeness (QED) is 0.181. The van der Waals surface area contributed by atoms with Gasteiger partial charge in [-0.05, 0) is 6.92 Å². The van der Waals surface area contributed by atoms with Gasteiger partial charge in [0.2, 0.25) is 11.1 Å². The lowest BCUT2D eigenvalue weighted by Gasteiger charge is -2.04. The fourth-order valence-electron chi connectivity index (χ4n) is 2.80. The van der Waals surface area contributed by atoms with Gasteiger partial charge in [-0.15, -0.1) is 21.5 Å². The van der Waals surface area contributed by atoms with Crippen LogP contribution in [0.5, 0.6) is 0 Å². The third-order valence-electron chi connectivity index (χ3n) is 4.41. The zero-order chi connectivity index (χ0) is 22.7. The summed E-state index contributed by atoms with van der Waals surface area (Å²) in [4.78, 5) is 27.2. The maximum absolute atomic E-state index is 12.3. The lowest BCUT2D eigenvalue weighted by atomic mass is 10.1. The molecule has 0 aliphatic rings. The topological polar surface area (TPSA) is 142 Å². The van der Waals surface area contributed by atoms with E-state index < -0.39 is 4.92 Å². The van der Waals surface area contributed by atoms with Gasteiger partial charge in [-0.25, -0.2) is 9.66 Å². The minimum Gasteiger partial charge on any atom is -0.335 e. The molecule has 0 bridgehead atoms. The van der Waals surface area contributed by atoms with Crippen LogP contribution in [0.2, 0.25) is 0 Å². The second-order valence-corrected chi connectivity index (χ2v) is 8.52. The van der Waals surface area contributed by atoms with E-state index in [0.717, 1.165) is 22.9 Å². The summed E-state index contributed by atoms with van der Waals surface area (Å²) in [7, 11) is 0. The average Bonchev–Trinajstić information content (AvgIpc) is 3.40. The number of nitro benzene ring substituents is 1. The average molecular weight is 468 g/mol. The van der Waals surface area contributed by atoms with Crippen molar-refractivity contribution in [3.05, 3.63) is 69.6 Å². The van der Waals surface area contributed by atoms with E-state index in [-0.39, 0.29) is 17.3 Å². The van der Waals surface area contributed by atoms with E-state index in [0.29, 0.717) is 27.4 Å². The fraction of sp³-hybridized carbons (Fsp3) is 0.100. The van der Waals surface area contributed by atoms with Gasteiger partial charge in [0.15, 0.2) is 11.0 Å². The van der Waals surface area contributed by atoms with Crippen molar-refractivity contribution in [2.24, 2.45) is 0 Å². The number of amides is 1. The first-order chi connectivity index (χ1) is 15.4. The van der Waals surface area contributed by atoms with Crippen LogP contribution < -0.4 is 11.2 Å². The van der Waals surface area contributed by atoms with E-state index in [1.807, 2.05) is 31.2 Å². The Bertz CT molecular complexity index is 1280. The van der Waals surface area contributed by atoms with Crippen molar-refractivity contribution in [1.29, 1.82) is 0 Å². The minimum absolute atomic E-state index is 0.0200. The predicted octanol–water partition coefficient (Wildman–Crippen LogP) is 3.73. The number of thioether (sulfide) groups is 1. The van der Waals surface area contributed by atoms with Gasteiger partial charge in [-0.1, -0.05) is 53.7 Å². The molecule has 0 saturated heterocycles. The minimum atomic E-state index is -0.462. The molecule has 162 valence electrons. The Morgan fingerprint density at radius 1 is 1.22 bits per heavy atom. The van der Waals surface area contributed by atoms with Gasteiger partial charge in [0.05, 0.1) is 16.4 Å². The molecule has 12 heteroatoms.